The SMILES string of the molecule is CC(C)=CCCC(C)=CCCC(C)=CSCC(NC1=NCCC1)C(=O)O. The van der Waals surface area contributed by atoms with Crippen molar-refractivity contribution in [2.45, 2.75) is 72.3 Å². The molecule has 0 saturated carbocycles. The van der Waals surface area contributed by atoms with Crippen LogP contribution in [0.1, 0.15) is 66.2 Å². The highest BCUT2D eigenvalue weighted by molar-refractivity contribution is 8.02. The lowest BCUT2D eigenvalue weighted by molar-refractivity contribution is -0.138. The number of hydrogen-bond acceptors (Lipinski definition) is 4. The zero-order valence-electron chi connectivity index (χ0n) is 16.7. The topological polar surface area (TPSA) is 61.7 Å². The molecule has 1 heterocycles. The summed E-state index contributed by atoms with van der Waals surface area (Å²) in [7, 11) is 0. The van der Waals surface area contributed by atoms with Crippen LogP contribution in [0.25, 0.3) is 0 Å². The Hall–Kier alpha value is -1.49. The molecule has 0 spiro atoms. The molecule has 0 saturated heterocycles. The van der Waals surface area contributed by atoms with Crippen LogP contribution in [-0.2, 0) is 4.79 Å². The first kappa shape index (κ1) is 22.6. The van der Waals surface area contributed by atoms with Gasteiger partial charge in [0, 0.05) is 18.7 Å². The lowest BCUT2D eigenvalue weighted by Crippen LogP contribution is -2.41. The van der Waals surface area contributed by atoms with Crippen LogP contribution in [0.3, 0.4) is 0 Å². The number of allylic oxidation sites excluding steroid dienone is 5. The van der Waals surface area contributed by atoms with Crippen LogP contribution < -0.4 is 5.32 Å². The number of thioether (sulfide) groups is 1. The van der Waals surface area contributed by atoms with Gasteiger partial charge >= 0.3 is 5.97 Å². The van der Waals surface area contributed by atoms with Gasteiger partial charge in [0.15, 0.2) is 0 Å². The van der Waals surface area contributed by atoms with E-state index in [1.54, 1.807) is 11.8 Å². The van der Waals surface area contributed by atoms with E-state index in [4.69, 9.17) is 0 Å². The molecule has 1 rings (SSSR count). The van der Waals surface area contributed by atoms with Crippen LogP contribution in [-0.4, -0.2) is 35.3 Å². The molecule has 0 aromatic rings. The minimum Gasteiger partial charge on any atom is -0.480 e. The summed E-state index contributed by atoms with van der Waals surface area (Å²) in [5.74, 6) is 0.545. The van der Waals surface area contributed by atoms with Crippen molar-refractivity contribution < 1.29 is 9.90 Å². The number of aliphatic carboxylic acids is 1. The maximum atomic E-state index is 11.4. The molecular formula is C21H34N2O2S. The van der Waals surface area contributed by atoms with E-state index in [2.05, 4.69) is 55.6 Å². The predicted molar refractivity (Wildman–Crippen MR) is 114 cm³/mol. The monoisotopic (exact) mass is 378 g/mol. The number of aliphatic imine (C=N–C) groups is 1. The highest BCUT2D eigenvalue weighted by atomic mass is 32.2. The molecule has 0 aromatic carbocycles. The Labute approximate surface area is 162 Å². The molecule has 4 nitrogen and oxygen atoms in total. The number of rotatable bonds is 11. The molecule has 5 heteroatoms. The van der Waals surface area contributed by atoms with Gasteiger partial charge in [-0.15, -0.1) is 11.8 Å². The third-order valence-corrected chi connectivity index (χ3v) is 5.28. The van der Waals surface area contributed by atoms with Gasteiger partial charge in [-0.3, -0.25) is 4.99 Å². The number of hydrogen-bond donors (Lipinski definition) is 2. The molecule has 0 fully saturated rings. The minimum atomic E-state index is -0.812. The predicted octanol–water partition coefficient (Wildman–Crippen LogP) is 5.33. The van der Waals surface area contributed by atoms with Crippen LogP contribution in [0.5, 0.6) is 0 Å². The van der Waals surface area contributed by atoms with E-state index < -0.39 is 12.0 Å². The Morgan fingerprint density at radius 2 is 1.88 bits per heavy atom. The zero-order chi connectivity index (χ0) is 19.4. The van der Waals surface area contributed by atoms with E-state index >= 15 is 0 Å². The molecular weight excluding hydrogens is 344 g/mol. The van der Waals surface area contributed by atoms with Gasteiger partial charge in [-0.1, -0.05) is 28.9 Å². The molecule has 0 aromatic heterocycles. The fourth-order valence-corrected chi connectivity index (χ4v) is 3.53. The van der Waals surface area contributed by atoms with Crippen LogP contribution in [0.2, 0.25) is 0 Å². The van der Waals surface area contributed by atoms with Gasteiger partial charge in [-0.05, 0) is 65.2 Å². The van der Waals surface area contributed by atoms with Crippen molar-refractivity contribution >= 4 is 23.6 Å². The average Bonchev–Trinajstić information content (AvgIpc) is 3.06. The Balaban J connectivity index is 2.30. The van der Waals surface area contributed by atoms with Gasteiger partial charge in [0.1, 0.15) is 6.04 Å². The quantitative estimate of drug-likeness (QED) is 0.477. The van der Waals surface area contributed by atoms with Crippen LogP contribution in [0, 0.1) is 0 Å². The van der Waals surface area contributed by atoms with Gasteiger partial charge in [0.25, 0.3) is 0 Å². The highest BCUT2D eigenvalue weighted by Gasteiger charge is 2.19. The minimum absolute atomic E-state index is 0.517. The molecule has 1 unspecified atom stereocenters. The Kier molecular flexibility index (Phi) is 11.1. The molecule has 2 N–H and O–H groups in total. The molecule has 0 amide bonds. The Morgan fingerprint density at radius 1 is 1.19 bits per heavy atom. The molecule has 0 radical (unpaired) electrons. The van der Waals surface area contributed by atoms with Crippen molar-refractivity contribution in [2.24, 2.45) is 4.99 Å². The van der Waals surface area contributed by atoms with Crippen molar-refractivity contribution in [2.75, 3.05) is 12.3 Å². The molecule has 1 aliphatic heterocycles. The lowest BCUT2D eigenvalue weighted by atomic mass is 10.1. The van der Waals surface area contributed by atoms with Gasteiger partial charge in [0.05, 0.1) is 5.84 Å². The van der Waals surface area contributed by atoms with Gasteiger partial charge in [-0.25, -0.2) is 4.79 Å². The summed E-state index contributed by atoms with van der Waals surface area (Å²) in [5.41, 5.74) is 4.11. The van der Waals surface area contributed by atoms with Crippen molar-refractivity contribution in [3.63, 3.8) is 0 Å². The summed E-state index contributed by atoms with van der Waals surface area (Å²) in [5, 5.41) is 14.5. The number of nitrogens with zero attached hydrogens (tertiary/aromatic N) is 1. The van der Waals surface area contributed by atoms with Gasteiger partial charge in [0.2, 0.25) is 0 Å². The number of amidine groups is 1. The molecule has 26 heavy (non-hydrogen) atoms. The normalized spacial score (nSPS) is 16.2. The van der Waals surface area contributed by atoms with E-state index in [0.29, 0.717) is 5.75 Å². The summed E-state index contributed by atoms with van der Waals surface area (Å²) < 4.78 is 0. The largest absolute Gasteiger partial charge is 0.480 e. The Bertz CT molecular complexity index is 573. The highest BCUT2D eigenvalue weighted by Crippen LogP contribution is 2.16. The molecule has 146 valence electrons. The van der Waals surface area contributed by atoms with E-state index in [-0.39, 0.29) is 0 Å². The summed E-state index contributed by atoms with van der Waals surface area (Å²) in [4.78, 5) is 15.7. The first-order chi connectivity index (χ1) is 12.4. The van der Waals surface area contributed by atoms with Crippen molar-refractivity contribution in [3.8, 4) is 0 Å². The third kappa shape index (κ3) is 10.5. The van der Waals surface area contributed by atoms with Crippen molar-refractivity contribution in [1.29, 1.82) is 0 Å². The molecule has 0 aliphatic carbocycles. The maximum absolute atomic E-state index is 11.4. The van der Waals surface area contributed by atoms with Crippen molar-refractivity contribution in [3.05, 3.63) is 34.3 Å². The summed E-state index contributed by atoms with van der Waals surface area (Å²) >= 11 is 1.57. The zero-order valence-corrected chi connectivity index (χ0v) is 17.5. The first-order valence-electron chi connectivity index (χ1n) is 9.47. The fourth-order valence-electron chi connectivity index (χ4n) is 2.62. The smallest absolute Gasteiger partial charge is 0.327 e. The second kappa shape index (κ2) is 12.8. The second-order valence-electron chi connectivity index (χ2n) is 7.17. The van der Waals surface area contributed by atoms with Crippen molar-refractivity contribution in [1.82, 2.24) is 5.32 Å². The number of carbonyl (C=O) groups is 1. The molecule has 0 bridgehead atoms. The molecule has 1 atom stereocenters. The fraction of sp³-hybridized carbons (Fsp3) is 0.619. The van der Waals surface area contributed by atoms with Crippen LogP contribution in [0.4, 0.5) is 0 Å². The summed E-state index contributed by atoms with van der Waals surface area (Å²) in [6.45, 7) is 9.39. The van der Waals surface area contributed by atoms with E-state index in [0.717, 1.165) is 50.9 Å². The van der Waals surface area contributed by atoms with Crippen LogP contribution in [0.15, 0.2) is 39.3 Å². The lowest BCUT2D eigenvalue weighted by Gasteiger charge is -2.14. The Morgan fingerprint density at radius 3 is 2.50 bits per heavy atom. The maximum Gasteiger partial charge on any atom is 0.327 e. The summed E-state index contributed by atoms with van der Waals surface area (Å²) in [6.07, 6.45) is 10.8. The standard InChI is InChI=1S/C21H34N2O2S/c1-16(2)8-5-9-17(3)10-6-11-18(4)14-26-15-19(21(24)25)23-20-12-7-13-22-20/h8,10,14,19H,5-7,9,11-13,15H2,1-4H3,(H,22,23)(H,24,25). The average molecular weight is 379 g/mol. The van der Waals surface area contributed by atoms with Crippen LogP contribution >= 0.6 is 11.8 Å². The molecule has 1 aliphatic rings. The second-order valence-corrected chi connectivity index (χ2v) is 8.08. The van der Waals surface area contributed by atoms with Gasteiger partial charge in [-0.2, -0.15) is 0 Å². The third-order valence-electron chi connectivity index (χ3n) is 4.18. The van der Waals surface area contributed by atoms with E-state index in [1.807, 2.05) is 0 Å². The first-order valence-corrected chi connectivity index (χ1v) is 10.5. The number of carboxylic acids is 1. The summed E-state index contributed by atoms with van der Waals surface area (Å²) in [6, 6.07) is -0.571. The number of nitrogens with one attached hydrogen (secondary N) is 1. The number of carboxylic acid groups (broad SMARTS) is 1. The van der Waals surface area contributed by atoms with Gasteiger partial charge < -0.3 is 10.4 Å². The van der Waals surface area contributed by atoms with E-state index in [1.165, 1.54) is 16.7 Å². The van der Waals surface area contributed by atoms with E-state index in [9.17, 15) is 9.90 Å².